The van der Waals surface area contributed by atoms with Crippen LogP contribution in [0.25, 0.3) is 0 Å². The predicted molar refractivity (Wildman–Crippen MR) is 108 cm³/mol. The van der Waals surface area contributed by atoms with E-state index in [0.29, 0.717) is 16.4 Å². The second kappa shape index (κ2) is 8.75. The van der Waals surface area contributed by atoms with Gasteiger partial charge in [-0.05, 0) is 36.8 Å². The minimum Gasteiger partial charge on any atom is -0.339 e. The average molecular weight is 397 g/mol. The lowest BCUT2D eigenvalue weighted by atomic mass is 10.1. The van der Waals surface area contributed by atoms with Crippen LogP contribution < -0.4 is 5.32 Å². The number of nitrogens with zero attached hydrogens (tertiary/aromatic N) is 2. The quantitative estimate of drug-likeness (QED) is 0.675. The van der Waals surface area contributed by atoms with Crippen molar-refractivity contribution in [3.05, 3.63) is 82.6 Å². The Bertz CT molecular complexity index is 957. The molecule has 2 aromatic carbocycles. The van der Waals surface area contributed by atoms with Crippen LogP contribution in [0.1, 0.15) is 34.6 Å². The van der Waals surface area contributed by atoms with Crippen molar-refractivity contribution in [1.29, 1.82) is 0 Å². The van der Waals surface area contributed by atoms with Crippen molar-refractivity contribution < 1.29 is 14.0 Å². The lowest BCUT2D eigenvalue weighted by molar-refractivity contribution is -0.131. The molecule has 3 aromatic rings. The summed E-state index contributed by atoms with van der Waals surface area (Å²) >= 11 is 1.28. The first-order valence-electron chi connectivity index (χ1n) is 8.76. The molecule has 0 saturated carbocycles. The normalized spacial score (nSPS) is 11.7. The fourth-order valence-corrected chi connectivity index (χ4v) is 3.37. The molecule has 0 radical (unpaired) electrons. The largest absolute Gasteiger partial charge is 0.339 e. The van der Waals surface area contributed by atoms with Crippen LogP contribution in [0.3, 0.4) is 0 Å². The van der Waals surface area contributed by atoms with Gasteiger partial charge in [0.1, 0.15) is 5.82 Å². The molecule has 1 heterocycles. The van der Waals surface area contributed by atoms with Crippen molar-refractivity contribution in [3.63, 3.8) is 0 Å². The second-order valence-electron chi connectivity index (χ2n) is 6.37. The molecule has 1 aromatic heterocycles. The van der Waals surface area contributed by atoms with Crippen molar-refractivity contribution >= 4 is 28.3 Å². The Hall–Kier alpha value is -3.06. The molecule has 2 amide bonds. The highest BCUT2D eigenvalue weighted by Crippen LogP contribution is 2.21. The van der Waals surface area contributed by atoms with E-state index in [2.05, 4.69) is 10.3 Å². The molecule has 1 atom stereocenters. The summed E-state index contributed by atoms with van der Waals surface area (Å²) in [4.78, 5) is 30.7. The summed E-state index contributed by atoms with van der Waals surface area (Å²) in [6.07, 6.45) is 0.125. The number of hydrogen-bond donors (Lipinski definition) is 1. The number of benzene rings is 2. The van der Waals surface area contributed by atoms with E-state index in [0.717, 1.165) is 5.56 Å². The summed E-state index contributed by atoms with van der Waals surface area (Å²) in [6, 6.07) is 14.8. The zero-order chi connectivity index (χ0) is 20.1. The molecule has 0 aliphatic rings. The first-order chi connectivity index (χ1) is 13.4. The van der Waals surface area contributed by atoms with Gasteiger partial charge in [0.2, 0.25) is 5.91 Å². The van der Waals surface area contributed by atoms with Gasteiger partial charge in [-0.15, -0.1) is 11.3 Å². The number of amides is 2. The van der Waals surface area contributed by atoms with Crippen LogP contribution in [0.4, 0.5) is 9.52 Å². The highest BCUT2D eigenvalue weighted by atomic mass is 32.1. The summed E-state index contributed by atoms with van der Waals surface area (Å²) in [7, 11) is 1.71. The standard InChI is InChI=1S/C21H20FN3O2S/c1-14(15-8-10-17(22)11-9-15)25(2)19(26)12-18-13-28-21(23-18)24-20(27)16-6-4-3-5-7-16/h3-11,13-14H,12H2,1-2H3,(H,23,24,27). The molecule has 0 aliphatic heterocycles. The lowest BCUT2D eigenvalue weighted by Gasteiger charge is -2.25. The molecule has 0 saturated heterocycles. The van der Waals surface area contributed by atoms with Gasteiger partial charge in [-0.1, -0.05) is 30.3 Å². The summed E-state index contributed by atoms with van der Waals surface area (Å²) in [5.41, 5.74) is 1.99. The molecule has 144 valence electrons. The first-order valence-corrected chi connectivity index (χ1v) is 9.64. The summed E-state index contributed by atoms with van der Waals surface area (Å²) < 4.78 is 13.1. The van der Waals surface area contributed by atoms with Crippen LogP contribution in [-0.4, -0.2) is 28.7 Å². The van der Waals surface area contributed by atoms with Crippen molar-refractivity contribution in [2.24, 2.45) is 0 Å². The number of hydrogen-bond acceptors (Lipinski definition) is 4. The highest BCUT2D eigenvalue weighted by molar-refractivity contribution is 7.14. The van der Waals surface area contributed by atoms with E-state index in [1.807, 2.05) is 13.0 Å². The molecule has 0 aliphatic carbocycles. The Morgan fingerprint density at radius 3 is 2.50 bits per heavy atom. The molecule has 28 heavy (non-hydrogen) atoms. The molecular formula is C21H20FN3O2S. The van der Waals surface area contributed by atoms with Gasteiger partial charge in [0, 0.05) is 18.0 Å². The molecule has 0 spiro atoms. The molecule has 1 unspecified atom stereocenters. The molecular weight excluding hydrogens is 377 g/mol. The lowest BCUT2D eigenvalue weighted by Crippen LogP contribution is -2.31. The summed E-state index contributed by atoms with van der Waals surface area (Å²) in [5, 5.41) is 4.95. The van der Waals surface area contributed by atoms with Gasteiger partial charge < -0.3 is 4.90 Å². The van der Waals surface area contributed by atoms with Crippen molar-refractivity contribution in [1.82, 2.24) is 9.88 Å². The molecule has 5 nitrogen and oxygen atoms in total. The third kappa shape index (κ3) is 4.80. The van der Waals surface area contributed by atoms with E-state index < -0.39 is 0 Å². The van der Waals surface area contributed by atoms with Gasteiger partial charge in [0.05, 0.1) is 18.2 Å². The van der Waals surface area contributed by atoms with Crippen molar-refractivity contribution in [2.45, 2.75) is 19.4 Å². The molecule has 7 heteroatoms. The van der Waals surface area contributed by atoms with Crippen LogP contribution in [0, 0.1) is 5.82 Å². The Labute approximate surface area is 166 Å². The van der Waals surface area contributed by atoms with E-state index in [-0.39, 0.29) is 30.1 Å². The fourth-order valence-electron chi connectivity index (χ4n) is 2.66. The number of aromatic nitrogens is 1. The van der Waals surface area contributed by atoms with Gasteiger partial charge in [-0.2, -0.15) is 0 Å². The zero-order valence-corrected chi connectivity index (χ0v) is 16.4. The smallest absolute Gasteiger partial charge is 0.257 e. The van der Waals surface area contributed by atoms with Gasteiger partial charge in [0.25, 0.3) is 5.91 Å². The van der Waals surface area contributed by atoms with E-state index in [4.69, 9.17) is 0 Å². The number of halogens is 1. The summed E-state index contributed by atoms with van der Waals surface area (Å²) in [5.74, 6) is -0.657. The minimum absolute atomic E-state index is 0.108. The van der Waals surface area contributed by atoms with E-state index >= 15 is 0 Å². The maximum absolute atomic E-state index is 13.1. The maximum Gasteiger partial charge on any atom is 0.257 e. The first kappa shape index (κ1) is 19.7. The number of anilines is 1. The topological polar surface area (TPSA) is 62.3 Å². The van der Waals surface area contributed by atoms with Crippen LogP contribution in [-0.2, 0) is 11.2 Å². The predicted octanol–water partition coefficient (Wildman–Crippen LogP) is 4.30. The number of thiazole rings is 1. The van der Waals surface area contributed by atoms with Crippen LogP contribution in [0.5, 0.6) is 0 Å². The Balaban J connectivity index is 1.60. The highest BCUT2D eigenvalue weighted by Gasteiger charge is 2.19. The van der Waals surface area contributed by atoms with E-state index in [9.17, 15) is 14.0 Å². The number of likely N-dealkylation sites (N-methyl/N-ethyl adjacent to an activating group) is 1. The molecule has 3 rings (SSSR count). The van der Waals surface area contributed by atoms with Gasteiger partial charge in [-0.25, -0.2) is 9.37 Å². The van der Waals surface area contributed by atoms with Crippen molar-refractivity contribution in [2.75, 3.05) is 12.4 Å². The second-order valence-corrected chi connectivity index (χ2v) is 7.23. The van der Waals surface area contributed by atoms with Crippen LogP contribution in [0.15, 0.2) is 60.0 Å². The van der Waals surface area contributed by atoms with Crippen LogP contribution >= 0.6 is 11.3 Å². The Morgan fingerprint density at radius 1 is 1.14 bits per heavy atom. The third-order valence-electron chi connectivity index (χ3n) is 4.47. The average Bonchev–Trinajstić information content (AvgIpc) is 3.14. The minimum atomic E-state index is -0.308. The van der Waals surface area contributed by atoms with Gasteiger partial charge in [-0.3, -0.25) is 14.9 Å². The maximum atomic E-state index is 13.1. The van der Waals surface area contributed by atoms with E-state index in [1.54, 1.807) is 53.7 Å². The van der Waals surface area contributed by atoms with Gasteiger partial charge >= 0.3 is 0 Å². The van der Waals surface area contributed by atoms with E-state index in [1.165, 1.54) is 23.5 Å². The zero-order valence-electron chi connectivity index (χ0n) is 15.6. The third-order valence-corrected chi connectivity index (χ3v) is 5.27. The number of carbonyl (C=O) groups excluding carboxylic acids is 2. The van der Waals surface area contributed by atoms with Crippen molar-refractivity contribution in [3.8, 4) is 0 Å². The van der Waals surface area contributed by atoms with Gasteiger partial charge in [0.15, 0.2) is 5.13 Å². The fraction of sp³-hybridized carbons (Fsp3) is 0.190. The monoisotopic (exact) mass is 397 g/mol. The Kier molecular flexibility index (Phi) is 6.16. The molecule has 0 bridgehead atoms. The number of nitrogens with one attached hydrogen (secondary N) is 1. The van der Waals surface area contributed by atoms with Crippen LogP contribution in [0.2, 0.25) is 0 Å². The summed E-state index contributed by atoms with van der Waals surface area (Å²) in [6.45, 7) is 1.89. The molecule has 0 fully saturated rings. The SMILES string of the molecule is CC(c1ccc(F)cc1)N(C)C(=O)Cc1csc(NC(=O)c2ccccc2)n1. The Morgan fingerprint density at radius 2 is 1.82 bits per heavy atom. The molecule has 1 N–H and O–H groups in total. The number of rotatable bonds is 6. The number of carbonyl (C=O) groups is 2.